The summed E-state index contributed by atoms with van der Waals surface area (Å²) in [6.45, 7) is 1.97. The number of aryl methyl sites for hydroxylation is 1. The number of anilines is 1. The van der Waals surface area contributed by atoms with Crippen molar-refractivity contribution in [1.29, 1.82) is 0 Å². The number of likely N-dealkylation sites (N-methyl/N-ethyl adjacent to an activating group) is 1. The summed E-state index contributed by atoms with van der Waals surface area (Å²) in [6, 6.07) is 10.9. The second-order valence-corrected chi connectivity index (χ2v) is 8.83. The lowest BCUT2D eigenvalue weighted by Crippen LogP contribution is -2.50. The van der Waals surface area contributed by atoms with E-state index in [-0.39, 0.29) is 24.2 Å². The number of hydrogen-bond acceptors (Lipinski definition) is 5. The normalized spacial score (nSPS) is 18.9. The van der Waals surface area contributed by atoms with E-state index in [1.807, 2.05) is 29.0 Å². The zero-order valence-corrected chi connectivity index (χ0v) is 18.9. The number of nitro groups is 1. The molecule has 0 N–H and O–H groups in total. The lowest BCUT2D eigenvalue weighted by atomic mass is 9.87. The number of carbonyl (C=O) groups is 1. The monoisotopic (exact) mass is 476 g/mol. The predicted molar refractivity (Wildman–Crippen MR) is 122 cm³/mol. The fourth-order valence-corrected chi connectivity index (χ4v) is 4.87. The molecule has 2 aliphatic rings. The molecule has 1 fully saturated rings. The van der Waals surface area contributed by atoms with Crippen molar-refractivity contribution in [2.24, 2.45) is 0 Å². The molecule has 0 saturated carbocycles. The summed E-state index contributed by atoms with van der Waals surface area (Å²) in [4.78, 5) is 29.2. The number of amides is 1. The largest absolute Gasteiger partial charge is 0.416 e. The molecule has 182 valence electrons. The summed E-state index contributed by atoms with van der Waals surface area (Å²) in [6.07, 6.45) is -1.67. The molecule has 0 bridgehead atoms. The highest BCUT2D eigenvalue weighted by Crippen LogP contribution is 2.37. The van der Waals surface area contributed by atoms with E-state index in [9.17, 15) is 28.1 Å². The van der Waals surface area contributed by atoms with E-state index in [2.05, 4.69) is 12.1 Å². The van der Waals surface area contributed by atoms with E-state index in [0.29, 0.717) is 32.2 Å². The molecule has 1 amide bonds. The van der Waals surface area contributed by atoms with Crippen LogP contribution in [0.25, 0.3) is 0 Å². The second kappa shape index (κ2) is 9.61. The number of alkyl halides is 3. The van der Waals surface area contributed by atoms with Crippen LogP contribution in [0.1, 0.15) is 35.6 Å². The van der Waals surface area contributed by atoms with E-state index in [0.717, 1.165) is 31.4 Å². The molecule has 1 aliphatic heterocycles. The first-order valence-electron chi connectivity index (χ1n) is 11.3. The third-order valence-corrected chi connectivity index (χ3v) is 6.77. The third kappa shape index (κ3) is 5.01. The van der Waals surface area contributed by atoms with Gasteiger partial charge in [0.05, 0.1) is 23.1 Å². The van der Waals surface area contributed by atoms with E-state index >= 15 is 0 Å². The number of halogens is 3. The van der Waals surface area contributed by atoms with Gasteiger partial charge in [-0.05, 0) is 42.5 Å². The van der Waals surface area contributed by atoms with Crippen molar-refractivity contribution in [3.63, 3.8) is 0 Å². The van der Waals surface area contributed by atoms with Crippen LogP contribution in [0.5, 0.6) is 0 Å². The van der Waals surface area contributed by atoms with Crippen molar-refractivity contribution >= 4 is 17.3 Å². The standard InChI is InChI=1S/C24H27F3N4O3/c1-28(20-8-4-6-17-5-2-3-7-19(17)20)23(32)16-29-11-13-30(14-12-29)21-10-9-18(24(25,26)27)15-22(21)31(33)34/h2-3,5,7,9-10,15,20H,4,6,8,11-14,16H2,1H3. The molecule has 1 unspecified atom stereocenters. The van der Waals surface area contributed by atoms with Crippen LogP contribution in [-0.4, -0.2) is 60.4 Å². The minimum Gasteiger partial charge on any atom is -0.363 e. The van der Waals surface area contributed by atoms with Gasteiger partial charge in [0.2, 0.25) is 5.91 Å². The maximum atomic E-state index is 13.0. The Morgan fingerprint density at radius 2 is 1.85 bits per heavy atom. The molecule has 1 atom stereocenters. The van der Waals surface area contributed by atoms with Crippen LogP contribution in [-0.2, 0) is 17.4 Å². The Balaban J connectivity index is 1.38. The molecule has 0 aromatic heterocycles. The molecule has 0 spiro atoms. The van der Waals surface area contributed by atoms with Crippen LogP contribution in [0.2, 0.25) is 0 Å². The molecule has 2 aromatic carbocycles. The highest BCUT2D eigenvalue weighted by Gasteiger charge is 2.34. The van der Waals surface area contributed by atoms with Gasteiger partial charge in [0, 0.05) is 39.3 Å². The topological polar surface area (TPSA) is 69.9 Å². The second-order valence-electron chi connectivity index (χ2n) is 8.83. The lowest BCUT2D eigenvalue weighted by molar-refractivity contribution is -0.384. The summed E-state index contributed by atoms with van der Waals surface area (Å²) in [5.41, 5.74) is 1.05. The maximum Gasteiger partial charge on any atom is 0.416 e. The number of piperazine rings is 1. The van der Waals surface area contributed by atoms with Gasteiger partial charge in [0.25, 0.3) is 5.69 Å². The highest BCUT2D eigenvalue weighted by molar-refractivity contribution is 5.78. The minimum absolute atomic E-state index is 0.00987. The molecule has 7 nitrogen and oxygen atoms in total. The van der Waals surface area contributed by atoms with Gasteiger partial charge < -0.3 is 9.80 Å². The van der Waals surface area contributed by atoms with Gasteiger partial charge in [0.15, 0.2) is 0 Å². The van der Waals surface area contributed by atoms with Gasteiger partial charge in [-0.1, -0.05) is 24.3 Å². The SMILES string of the molecule is CN(C(=O)CN1CCN(c2ccc(C(F)(F)F)cc2[N+](=O)[O-])CC1)C1CCCc2ccccc21. The number of fused-ring (bicyclic) bond motifs is 1. The van der Waals surface area contributed by atoms with Crippen molar-refractivity contribution in [2.75, 3.05) is 44.7 Å². The molecule has 10 heteroatoms. The van der Waals surface area contributed by atoms with Crippen molar-refractivity contribution in [3.8, 4) is 0 Å². The first kappa shape index (κ1) is 24.0. The predicted octanol–water partition coefficient (Wildman–Crippen LogP) is 4.27. The Morgan fingerprint density at radius 1 is 1.15 bits per heavy atom. The lowest BCUT2D eigenvalue weighted by Gasteiger charge is -2.38. The summed E-state index contributed by atoms with van der Waals surface area (Å²) >= 11 is 0. The smallest absolute Gasteiger partial charge is 0.363 e. The molecular weight excluding hydrogens is 449 g/mol. The summed E-state index contributed by atoms with van der Waals surface area (Å²) in [5, 5.41) is 11.4. The highest BCUT2D eigenvalue weighted by atomic mass is 19.4. The number of carbonyl (C=O) groups excluding carboxylic acids is 1. The first-order chi connectivity index (χ1) is 16.1. The molecule has 2 aromatic rings. The number of benzene rings is 2. The number of nitrogens with zero attached hydrogens (tertiary/aromatic N) is 4. The zero-order valence-electron chi connectivity index (χ0n) is 18.9. The average Bonchev–Trinajstić information content (AvgIpc) is 2.82. The van der Waals surface area contributed by atoms with Crippen LogP contribution in [0.3, 0.4) is 0 Å². The molecule has 4 rings (SSSR count). The third-order valence-electron chi connectivity index (χ3n) is 6.77. The van der Waals surface area contributed by atoms with Crippen LogP contribution >= 0.6 is 0 Å². The van der Waals surface area contributed by atoms with Crippen molar-refractivity contribution in [2.45, 2.75) is 31.5 Å². The van der Waals surface area contributed by atoms with Gasteiger partial charge >= 0.3 is 6.18 Å². The average molecular weight is 476 g/mol. The Morgan fingerprint density at radius 3 is 2.53 bits per heavy atom. The summed E-state index contributed by atoms with van der Waals surface area (Å²) < 4.78 is 38.9. The van der Waals surface area contributed by atoms with Gasteiger partial charge in [-0.3, -0.25) is 19.8 Å². The maximum absolute atomic E-state index is 13.0. The van der Waals surface area contributed by atoms with E-state index in [1.54, 1.807) is 4.90 Å². The van der Waals surface area contributed by atoms with E-state index in [1.165, 1.54) is 11.1 Å². The van der Waals surface area contributed by atoms with Crippen molar-refractivity contribution in [1.82, 2.24) is 9.80 Å². The van der Waals surface area contributed by atoms with Crippen molar-refractivity contribution < 1.29 is 22.9 Å². The summed E-state index contributed by atoms with van der Waals surface area (Å²) in [5.74, 6) is 0.00987. The summed E-state index contributed by atoms with van der Waals surface area (Å²) in [7, 11) is 1.83. The fraction of sp³-hybridized carbons (Fsp3) is 0.458. The molecule has 34 heavy (non-hydrogen) atoms. The van der Waals surface area contributed by atoms with Gasteiger partial charge in [-0.2, -0.15) is 13.2 Å². The Kier molecular flexibility index (Phi) is 6.79. The van der Waals surface area contributed by atoms with E-state index < -0.39 is 22.4 Å². The van der Waals surface area contributed by atoms with Crippen LogP contribution in [0.15, 0.2) is 42.5 Å². The Bertz CT molecular complexity index is 1070. The number of hydrogen-bond donors (Lipinski definition) is 0. The van der Waals surface area contributed by atoms with Crippen molar-refractivity contribution in [3.05, 3.63) is 69.3 Å². The molecule has 1 aliphatic carbocycles. The minimum atomic E-state index is -4.65. The van der Waals surface area contributed by atoms with Crippen LogP contribution in [0.4, 0.5) is 24.5 Å². The number of rotatable bonds is 5. The molecular formula is C24H27F3N4O3. The van der Waals surface area contributed by atoms with Crippen LogP contribution < -0.4 is 4.90 Å². The zero-order chi connectivity index (χ0) is 24.5. The van der Waals surface area contributed by atoms with Crippen LogP contribution in [0, 0.1) is 10.1 Å². The number of nitro benzene ring substituents is 1. The van der Waals surface area contributed by atoms with E-state index in [4.69, 9.17) is 0 Å². The first-order valence-corrected chi connectivity index (χ1v) is 11.3. The Labute approximate surface area is 195 Å². The van der Waals surface area contributed by atoms with Gasteiger partial charge in [0.1, 0.15) is 5.69 Å². The van der Waals surface area contributed by atoms with Gasteiger partial charge in [-0.15, -0.1) is 0 Å². The molecule has 1 saturated heterocycles. The Hall–Kier alpha value is -3.14. The molecule has 1 heterocycles. The van der Waals surface area contributed by atoms with Gasteiger partial charge in [-0.25, -0.2) is 0 Å². The quantitative estimate of drug-likeness (QED) is 0.476. The molecule has 0 radical (unpaired) electrons. The fourth-order valence-electron chi connectivity index (χ4n) is 4.87.